The number of halogens is 1. The molecule has 2 rings (SSSR count). The van der Waals surface area contributed by atoms with Gasteiger partial charge in [-0.3, -0.25) is 0 Å². The molecule has 0 radical (unpaired) electrons. The maximum atomic E-state index is 3.80. The standard InChI is InChI=1S/C18H29BrN2/c1-4-11-21-12-9-16(10-13-21)14(2)20-15(3)17-7-5-6-8-18(17)19/h5-8,14-16,20H,4,9-13H2,1-3H3/t14?,15-/m1/s1. The highest BCUT2D eigenvalue weighted by atomic mass is 79.9. The molecule has 0 aromatic heterocycles. The van der Waals surface area contributed by atoms with Crippen LogP contribution in [0.5, 0.6) is 0 Å². The van der Waals surface area contributed by atoms with Crippen LogP contribution in [0.1, 0.15) is 51.6 Å². The number of rotatable bonds is 6. The lowest BCUT2D eigenvalue weighted by molar-refractivity contribution is 0.159. The zero-order valence-corrected chi connectivity index (χ0v) is 15.2. The van der Waals surface area contributed by atoms with Gasteiger partial charge >= 0.3 is 0 Å². The van der Waals surface area contributed by atoms with Crippen LogP contribution in [0.2, 0.25) is 0 Å². The molecule has 21 heavy (non-hydrogen) atoms. The van der Waals surface area contributed by atoms with Gasteiger partial charge in [-0.25, -0.2) is 0 Å². The molecule has 0 saturated carbocycles. The van der Waals surface area contributed by atoms with E-state index in [9.17, 15) is 0 Å². The number of nitrogens with zero attached hydrogens (tertiary/aromatic N) is 1. The molecule has 0 aliphatic carbocycles. The number of hydrogen-bond donors (Lipinski definition) is 1. The predicted molar refractivity (Wildman–Crippen MR) is 94.6 cm³/mol. The number of benzene rings is 1. The van der Waals surface area contributed by atoms with E-state index in [0.717, 1.165) is 5.92 Å². The molecule has 1 N–H and O–H groups in total. The van der Waals surface area contributed by atoms with Gasteiger partial charge in [0.2, 0.25) is 0 Å². The zero-order chi connectivity index (χ0) is 15.2. The highest BCUT2D eigenvalue weighted by Gasteiger charge is 2.24. The van der Waals surface area contributed by atoms with E-state index in [1.807, 2.05) is 0 Å². The van der Waals surface area contributed by atoms with Crippen molar-refractivity contribution in [3.8, 4) is 0 Å². The van der Waals surface area contributed by atoms with Crippen molar-refractivity contribution in [2.24, 2.45) is 5.92 Å². The number of nitrogens with one attached hydrogen (secondary N) is 1. The van der Waals surface area contributed by atoms with Crippen LogP contribution in [0, 0.1) is 5.92 Å². The first-order chi connectivity index (χ1) is 10.1. The van der Waals surface area contributed by atoms with Crippen molar-refractivity contribution >= 4 is 15.9 Å². The fraction of sp³-hybridized carbons (Fsp3) is 0.667. The summed E-state index contributed by atoms with van der Waals surface area (Å²) in [5.41, 5.74) is 1.35. The van der Waals surface area contributed by atoms with Gasteiger partial charge in [0.1, 0.15) is 0 Å². The third kappa shape index (κ3) is 4.80. The first-order valence-electron chi connectivity index (χ1n) is 8.34. The van der Waals surface area contributed by atoms with E-state index in [2.05, 4.69) is 71.2 Å². The third-order valence-corrected chi connectivity index (χ3v) is 5.49. The lowest BCUT2D eigenvalue weighted by Crippen LogP contribution is -2.42. The minimum atomic E-state index is 0.393. The van der Waals surface area contributed by atoms with Gasteiger partial charge in [0.05, 0.1) is 0 Å². The molecule has 1 aromatic rings. The Morgan fingerprint density at radius 3 is 2.52 bits per heavy atom. The molecule has 2 nitrogen and oxygen atoms in total. The van der Waals surface area contributed by atoms with E-state index in [1.54, 1.807) is 0 Å². The summed E-state index contributed by atoms with van der Waals surface area (Å²) >= 11 is 3.66. The summed E-state index contributed by atoms with van der Waals surface area (Å²) < 4.78 is 1.20. The monoisotopic (exact) mass is 352 g/mol. The van der Waals surface area contributed by atoms with Gasteiger partial charge in [-0.05, 0) is 70.3 Å². The van der Waals surface area contributed by atoms with Crippen molar-refractivity contribution in [2.45, 2.75) is 52.1 Å². The first kappa shape index (κ1) is 17.0. The second kappa shape index (κ2) is 8.30. The number of piperidine rings is 1. The molecule has 0 amide bonds. The molecule has 0 bridgehead atoms. The Kier molecular flexibility index (Phi) is 6.72. The molecular formula is C18H29BrN2. The molecule has 2 atom stereocenters. The smallest absolute Gasteiger partial charge is 0.0305 e. The average Bonchev–Trinajstić information content (AvgIpc) is 2.48. The Balaban J connectivity index is 1.84. The van der Waals surface area contributed by atoms with E-state index in [0.29, 0.717) is 12.1 Å². The van der Waals surface area contributed by atoms with Crippen LogP contribution in [0.3, 0.4) is 0 Å². The second-order valence-corrected chi connectivity index (χ2v) is 7.23. The van der Waals surface area contributed by atoms with E-state index in [-0.39, 0.29) is 0 Å². The summed E-state index contributed by atoms with van der Waals surface area (Å²) in [5.74, 6) is 0.808. The van der Waals surface area contributed by atoms with Gasteiger partial charge in [0, 0.05) is 16.6 Å². The first-order valence-corrected chi connectivity index (χ1v) is 9.14. The fourth-order valence-electron chi connectivity index (χ4n) is 3.44. The van der Waals surface area contributed by atoms with E-state index in [4.69, 9.17) is 0 Å². The minimum absolute atomic E-state index is 0.393. The van der Waals surface area contributed by atoms with Crippen LogP contribution in [-0.2, 0) is 0 Å². The van der Waals surface area contributed by atoms with Gasteiger partial charge in [-0.2, -0.15) is 0 Å². The summed E-state index contributed by atoms with van der Waals surface area (Å²) in [4.78, 5) is 2.61. The molecule has 1 aliphatic rings. The molecule has 1 fully saturated rings. The predicted octanol–water partition coefficient (Wildman–Crippen LogP) is 4.61. The SMILES string of the molecule is CCCN1CCC(C(C)N[C@H](C)c2ccccc2Br)CC1. The molecular weight excluding hydrogens is 324 g/mol. The van der Waals surface area contributed by atoms with Crippen LogP contribution < -0.4 is 5.32 Å². The maximum absolute atomic E-state index is 3.80. The molecule has 1 unspecified atom stereocenters. The maximum Gasteiger partial charge on any atom is 0.0305 e. The van der Waals surface area contributed by atoms with Gasteiger partial charge < -0.3 is 10.2 Å². The van der Waals surface area contributed by atoms with Gasteiger partial charge in [-0.1, -0.05) is 41.1 Å². The normalized spacial score (nSPS) is 20.4. The number of likely N-dealkylation sites (tertiary alicyclic amines) is 1. The number of hydrogen-bond acceptors (Lipinski definition) is 2. The van der Waals surface area contributed by atoms with Crippen molar-refractivity contribution in [1.29, 1.82) is 0 Å². The molecule has 1 aromatic carbocycles. The van der Waals surface area contributed by atoms with E-state index < -0.39 is 0 Å². The van der Waals surface area contributed by atoms with Crippen LogP contribution in [-0.4, -0.2) is 30.6 Å². The summed E-state index contributed by atoms with van der Waals surface area (Å²) in [5, 5.41) is 3.80. The summed E-state index contributed by atoms with van der Waals surface area (Å²) in [6.45, 7) is 10.7. The van der Waals surface area contributed by atoms with Crippen molar-refractivity contribution in [2.75, 3.05) is 19.6 Å². The largest absolute Gasteiger partial charge is 0.307 e. The Morgan fingerprint density at radius 1 is 1.24 bits per heavy atom. The molecule has 1 saturated heterocycles. The molecule has 0 spiro atoms. The van der Waals surface area contributed by atoms with Crippen molar-refractivity contribution in [3.63, 3.8) is 0 Å². The quantitative estimate of drug-likeness (QED) is 0.803. The fourth-order valence-corrected chi connectivity index (χ4v) is 4.07. The van der Waals surface area contributed by atoms with Gasteiger partial charge in [-0.15, -0.1) is 0 Å². The summed E-state index contributed by atoms with van der Waals surface area (Å²) in [6.07, 6.45) is 3.94. The average molecular weight is 353 g/mol. The second-order valence-electron chi connectivity index (χ2n) is 6.38. The highest BCUT2D eigenvalue weighted by Crippen LogP contribution is 2.26. The Labute approximate surface area is 138 Å². The molecule has 1 heterocycles. The van der Waals surface area contributed by atoms with Gasteiger partial charge in [0.15, 0.2) is 0 Å². The highest BCUT2D eigenvalue weighted by molar-refractivity contribution is 9.10. The van der Waals surface area contributed by atoms with E-state index in [1.165, 1.54) is 48.9 Å². The molecule has 1 aliphatic heterocycles. The topological polar surface area (TPSA) is 15.3 Å². The Morgan fingerprint density at radius 2 is 1.90 bits per heavy atom. The van der Waals surface area contributed by atoms with Crippen LogP contribution >= 0.6 is 15.9 Å². The van der Waals surface area contributed by atoms with Crippen molar-refractivity contribution in [3.05, 3.63) is 34.3 Å². The van der Waals surface area contributed by atoms with Crippen LogP contribution in [0.15, 0.2) is 28.7 Å². The van der Waals surface area contributed by atoms with Crippen LogP contribution in [0.4, 0.5) is 0 Å². The lowest BCUT2D eigenvalue weighted by Gasteiger charge is -2.36. The summed E-state index contributed by atoms with van der Waals surface area (Å²) in [6, 6.07) is 9.50. The zero-order valence-electron chi connectivity index (χ0n) is 13.6. The molecule has 118 valence electrons. The minimum Gasteiger partial charge on any atom is -0.307 e. The Hall–Kier alpha value is -0.380. The molecule has 3 heteroatoms. The Bertz CT molecular complexity index is 427. The third-order valence-electron chi connectivity index (χ3n) is 4.76. The van der Waals surface area contributed by atoms with Crippen molar-refractivity contribution in [1.82, 2.24) is 10.2 Å². The van der Waals surface area contributed by atoms with Crippen LogP contribution in [0.25, 0.3) is 0 Å². The lowest BCUT2D eigenvalue weighted by atomic mass is 9.89. The van der Waals surface area contributed by atoms with Gasteiger partial charge in [0.25, 0.3) is 0 Å². The van der Waals surface area contributed by atoms with E-state index >= 15 is 0 Å². The summed E-state index contributed by atoms with van der Waals surface area (Å²) in [7, 11) is 0. The van der Waals surface area contributed by atoms with Crippen molar-refractivity contribution < 1.29 is 0 Å².